The fraction of sp³-hybridized carbons (Fsp3) is 0.143. The molecule has 0 aliphatic carbocycles. The zero-order chi connectivity index (χ0) is 16.9. The predicted octanol–water partition coefficient (Wildman–Crippen LogP) is 6.25. The quantitative estimate of drug-likeness (QED) is 0.572. The molecule has 0 amide bonds. The summed E-state index contributed by atoms with van der Waals surface area (Å²) in [5.41, 5.74) is 3.18. The molecule has 0 radical (unpaired) electrons. The summed E-state index contributed by atoms with van der Waals surface area (Å²) in [7, 11) is 0. The summed E-state index contributed by atoms with van der Waals surface area (Å²) >= 11 is 12.0. The van der Waals surface area contributed by atoms with Crippen LogP contribution in [-0.4, -0.2) is 5.11 Å². The van der Waals surface area contributed by atoms with E-state index in [0.29, 0.717) is 16.5 Å². The Balaban J connectivity index is 1.90. The Labute approximate surface area is 152 Å². The van der Waals surface area contributed by atoms with E-state index in [9.17, 15) is 5.11 Å². The van der Waals surface area contributed by atoms with Gasteiger partial charge in [0.05, 0.1) is 6.10 Å². The van der Waals surface area contributed by atoms with Gasteiger partial charge in [0, 0.05) is 16.0 Å². The molecule has 2 atom stereocenters. The molecule has 0 saturated heterocycles. The summed E-state index contributed by atoms with van der Waals surface area (Å²) in [5.74, 6) is 0.0918. The molecule has 0 spiro atoms. The normalized spacial score (nSPS) is 13.5. The van der Waals surface area contributed by atoms with Crippen LogP contribution >= 0.6 is 23.2 Å². The van der Waals surface area contributed by atoms with Crippen LogP contribution in [0.5, 0.6) is 0 Å². The van der Waals surface area contributed by atoms with Crippen LogP contribution in [0.25, 0.3) is 0 Å². The Morgan fingerprint density at radius 2 is 1.08 bits per heavy atom. The van der Waals surface area contributed by atoms with Crippen LogP contribution in [0.15, 0.2) is 78.9 Å². The zero-order valence-electron chi connectivity index (χ0n) is 13.1. The summed E-state index contributed by atoms with van der Waals surface area (Å²) in [6, 6.07) is 25.4. The van der Waals surface area contributed by atoms with Gasteiger partial charge in [0.25, 0.3) is 0 Å². The van der Waals surface area contributed by atoms with Gasteiger partial charge in [0.2, 0.25) is 0 Å². The molecule has 3 aromatic rings. The van der Waals surface area contributed by atoms with Crippen molar-refractivity contribution in [2.24, 2.45) is 0 Å². The number of aliphatic hydroxyl groups is 1. The van der Waals surface area contributed by atoms with Crippen LogP contribution in [-0.2, 0) is 0 Å². The molecule has 0 saturated carbocycles. The van der Waals surface area contributed by atoms with Gasteiger partial charge in [-0.2, -0.15) is 0 Å². The average Bonchev–Trinajstić information content (AvgIpc) is 2.62. The predicted molar refractivity (Wildman–Crippen MR) is 101 cm³/mol. The first-order valence-corrected chi connectivity index (χ1v) is 8.63. The molecular weight excluding hydrogens is 339 g/mol. The second-order valence-corrected chi connectivity index (χ2v) is 6.69. The van der Waals surface area contributed by atoms with Crippen LogP contribution < -0.4 is 0 Å². The van der Waals surface area contributed by atoms with Gasteiger partial charge in [0.1, 0.15) is 0 Å². The monoisotopic (exact) mass is 356 g/mol. The lowest BCUT2D eigenvalue weighted by Crippen LogP contribution is -2.08. The molecule has 0 fully saturated rings. The van der Waals surface area contributed by atoms with Crippen LogP contribution in [0, 0.1) is 0 Å². The maximum atomic E-state index is 10.7. The standard InChI is InChI=1S/C21H18Cl2O/c22-18-10-6-16(7-11-18)20(15-4-2-1-3-5-15)14-21(24)17-8-12-19(23)13-9-17/h1-13,20-21,24H,14H2. The summed E-state index contributed by atoms with van der Waals surface area (Å²) in [4.78, 5) is 0. The van der Waals surface area contributed by atoms with E-state index in [2.05, 4.69) is 12.1 Å². The third-order valence-corrected chi connectivity index (χ3v) is 4.69. The lowest BCUT2D eigenvalue weighted by Gasteiger charge is -2.22. The summed E-state index contributed by atoms with van der Waals surface area (Å²) < 4.78 is 0. The molecular formula is C21H18Cl2O. The molecule has 0 aliphatic rings. The molecule has 1 nitrogen and oxygen atoms in total. The van der Waals surface area contributed by atoms with Gasteiger partial charge < -0.3 is 5.11 Å². The third-order valence-electron chi connectivity index (χ3n) is 4.19. The van der Waals surface area contributed by atoms with E-state index in [4.69, 9.17) is 23.2 Å². The zero-order valence-corrected chi connectivity index (χ0v) is 14.6. The van der Waals surface area contributed by atoms with E-state index < -0.39 is 6.10 Å². The summed E-state index contributed by atoms with van der Waals surface area (Å²) in [6.45, 7) is 0. The van der Waals surface area contributed by atoms with Crippen LogP contribution in [0.4, 0.5) is 0 Å². The fourth-order valence-corrected chi connectivity index (χ4v) is 3.14. The molecule has 3 aromatic carbocycles. The van der Waals surface area contributed by atoms with Gasteiger partial charge >= 0.3 is 0 Å². The number of rotatable bonds is 5. The van der Waals surface area contributed by atoms with Crippen molar-refractivity contribution in [2.45, 2.75) is 18.4 Å². The van der Waals surface area contributed by atoms with Gasteiger partial charge in [-0.1, -0.05) is 77.8 Å². The highest BCUT2D eigenvalue weighted by atomic mass is 35.5. The van der Waals surface area contributed by atoms with Crippen molar-refractivity contribution in [3.8, 4) is 0 Å². The second kappa shape index (κ2) is 7.85. The molecule has 3 heteroatoms. The van der Waals surface area contributed by atoms with Crippen molar-refractivity contribution >= 4 is 23.2 Å². The summed E-state index contributed by atoms with van der Waals surface area (Å²) in [6.07, 6.45) is 0.0240. The van der Waals surface area contributed by atoms with Gasteiger partial charge in [-0.3, -0.25) is 0 Å². The number of aliphatic hydroxyl groups excluding tert-OH is 1. The highest BCUT2D eigenvalue weighted by molar-refractivity contribution is 6.30. The minimum atomic E-state index is -0.567. The average molecular weight is 357 g/mol. The molecule has 24 heavy (non-hydrogen) atoms. The highest BCUT2D eigenvalue weighted by Gasteiger charge is 2.19. The first kappa shape index (κ1) is 17.0. The largest absolute Gasteiger partial charge is 0.388 e. The maximum absolute atomic E-state index is 10.7. The van der Waals surface area contributed by atoms with E-state index in [-0.39, 0.29) is 5.92 Å². The molecule has 122 valence electrons. The molecule has 0 bridgehead atoms. The van der Waals surface area contributed by atoms with E-state index in [1.807, 2.05) is 54.6 Å². The van der Waals surface area contributed by atoms with Crippen molar-refractivity contribution in [3.05, 3.63) is 106 Å². The van der Waals surface area contributed by atoms with Crippen molar-refractivity contribution in [2.75, 3.05) is 0 Å². The van der Waals surface area contributed by atoms with E-state index in [1.54, 1.807) is 12.1 Å². The van der Waals surface area contributed by atoms with E-state index in [1.165, 1.54) is 5.56 Å². The Kier molecular flexibility index (Phi) is 5.57. The smallest absolute Gasteiger partial charge is 0.0799 e. The Morgan fingerprint density at radius 1 is 0.625 bits per heavy atom. The summed E-state index contributed by atoms with van der Waals surface area (Å²) in [5, 5.41) is 12.1. The molecule has 2 unspecified atom stereocenters. The van der Waals surface area contributed by atoms with Crippen molar-refractivity contribution in [3.63, 3.8) is 0 Å². The number of hydrogen-bond acceptors (Lipinski definition) is 1. The minimum Gasteiger partial charge on any atom is -0.388 e. The van der Waals surface area contributed by atoms with Crippen molar-refractivity contribution in [1.82, 2.24) is 0 Å². The van der Waals surface area contributed by atoms with Crippen LogP contribution in [0.1, 0.15) is 35.1 Å². The van der Waals surface area contributed by atoms with Gasteiger partial charge in [0.15, 0.2) is 0 Å². The highest BCUT2D eigenvalue weighted by Crippen LogP contribution is 2.34. The first-order valence-electron chi connectivity index (χ1n) is 7.87. The maximum Gasteiger partial charge on any atom is 0.0799 e. The van der Waals surface area contributed by atoms with Crippen molar-refractivity contribution in [1.29, 1.82) is 0 Å². The van der Waals surface area contributed by atoms with Gasteiger partial charge in [-0.05, 0) is 47.4 Å². The van der Waals surface area contributed by atoms with Crippen LogP contribution in [0.3, 0.4) is 0 Å². The van der Waals surface area contributed by atoms with Gasteiger partial charge in [-0.25, -0.2) is 0 Å². The molecule has 1 N–H and O–H groups in total. The fourth-order valence-electron chi connectivity index (χ4n) is 2.89. The SMILES string of the molecule is OC(CC(c1ccccc1)c1ccc(Cl)cc1)c1ccc(Cl)cc1. The lowest BCUT2D eigenvalue weighted by molar-refractivity contribution is 0.162. The molecule has 0 aliphatic heterocycles. The van der Waals surface area contributed by atoms with Crippen LogP contribution in [0.2, 0.25) is 10.0 Å². The van der Waals surface area contributed by atoms with Gasteiger partial charge in [-0.15, -0.1) is 0 Å². The molecule has 0 heterocycles. The Bertz CT molecular complexity index is 767. The third kappa shape index (κ3) is 4.18. The minimum absolute atomic E-state index is 0.0918. The molecule has 3 rings (SSSR count). The molecule has 0 aromatic heterocycles. The topological polar surface area (TPSA) is 20.2 Å². The number of benzene rings is 3. The number of halogens is 2. The van der Waals surface area contributed by atoms with Crippen molar-refractivity contribution < 1.29 is 5.11 Å². The number of hydrogen-bond donors (Lipinski definition) is 1. The second-order valence-electron chi connectivity index (χ2n) is 5.82. The Morgan fingerprint density at radius 3 is 1.62 bits per heavy atom. The van der Waals surface area contributed by atoms with E-state index in [0.717, 1.165) is 11.1 Å². The first-order chi connectivity index (χ1) is 11.6. The lowest BCUT2D eigenvalue weighted by atomic mass is 9.85. The Hall–Kier alpha value is -1.80. The van der Waals surface area contributed by atoms with E-state index >= 15 is 0 Å².